The van der Waals surface area contributed by atoms with E-state index in [4.69, 9.17) is 5.73 Å². The Labute approximate surface area is 103 Å². The van der Waals surface area contributed by atoms with Crippen LogP contribution in [0.4, 0.5) is 0 Å². The maximum atomic E-state index is 11.3. The highest BCUT2D eigenvalue weighted by atomic mass is 16.2. The van der Waals surface area contributed by atoms with E-state index in [0.29, 0.717) is 25.0 Å². The van der Waals surface area contributed by atoms with E-state index in [1.807, 2.05) is 0 Å². The minimum atomic E-state index is 0.169. The summed E-state index contributed by atoms with van der Waals surface area (Å²) in [6, 6.07) is 0. The van der Waals surface area contributed by atoms with Gasteiger partial charge in [-0.25, -0.2) is 0 Å². The second-order valence-corrected chi connectivity index (χ2v) is 4.94. The molecule has 1 aliphatic rings. The fourth-order valence-corrected chi connectivity index (χ4v) is 1.37. The van der Waals surface area contributed by atoms with E-state index in [2.05, 4.69) is 29.5 Å². The summed E-state index contributed by atoms with van der Waals surface area (Å²) in [6.07, 6.45) is 3.12. The Bertz CT molecular complexity index is 272. The Morgan fingerprint density at radius 3 is 2.59 bits per heavy atom. The fraction of sp³-hybridized carbons (Fsp3) is 0.833. The molecule has 1 saturated carbocycles. The number of rotatable bonds is 7. The van der Waals surface area contributed by atoms with Gasteiger partial charge in [-0.05, 0) is 25.2 Å². The summed E-state index contributed by atoms with van der Waals surface area (Å²) in [5, 5.41) is 5.85. The summed E-state index contributed by atoms with van der Waals surface area (Å²) in [6.45, 7) is 6.31. The molecule has 0 aliphatic heterocycles. The topological polar surface area (TPSA) is 79.5 Å². The van der Waals surface area contributed by atoms with E-state index in [0.717, 1.165) is 25.8 Å². The zero-order valence-corrected chi connectivity index (χ0v) is 10.8. The Kier molecular flexibility index (Phi) is 5.80. The van der Waals surface area contributed by atoms with Gasteiger partial charge in [-0.15, -0.1) is 0 Å². The third-order valence-electron chi connectivity index (χ3n) is 2.67. The van der Waals surface area contributed by atoms with E-state index in [1.54, 1.807) is 0 Å². The van der Waals surface area contributed by atoms with Crippen molar-refractivity contribution in [2.45, 2.75) is 33.1 Å². The smallest absolute Gasteiger partial charge is 0.223 e. The van der Waals surface area contributed by atoms with Gasteiger partial charge in [-0.3, -0.25) is 9.79 Å². The van der Waals surface area contributed by atoms with Crippen LogP contribution in [-0.4, -0.2) is 31.5 Å². The van der Waals surface area contributed by atoms with Crippen molar-refractivity contribution in [1.82, 2.24) is 10.6 Å². The summed E-state index contributed by atoms with van der Waals surface area (Å²) in [7, 11) is 0. The van der Waals surface area contributed by atoms with Crippen LogP contribution < -0.4 is 16.4 Å². The molecule has 0 unspecified atom stereocenters. The quantitative estimate of drug-likeness (QED) is 0.344. The Morgan fingerprint density at radius 1 is 1.35 bits per heavy atom. The lowest BCUT2D eigenvalue weighted by molar-refractivity contribution is -0.122. The molecule has 1 rings (SSSR count). The van der Waals surface area contributed by atoms with Gasteiger partial charge in [0.25, 0.3) is 0 Å². The second-order valence-electron chi connectivity index (χ2n) is 4.94. The van der Waals surface area contributed by atoms with E-state index in [-0.39, 0.29) is 11.8 Å². The van der Waals surface area contributed by atoms with Crippen LogP contribution in [0.3, 0.4) is 0 Å². The van der Waals surface area contributed by atoms with E-state index >= 15 is 0 Å². The molecule has 0 aromatic rings. The first-order chi connectivity index (χ1) is 8.09. The Morgan fingerprint density at radius 2 is 2.00 bits per heavy atom. The molecule has 1 fully saturated rings. The summed E-state index contributed by atoms with van der Waals surface area (Å²) in [5.41, 5.74) is 5.68. The summed E-state index contributed by atoms with van der Waals surface area (Å²) in [4.78, 5) is 15.5. The number of carbonyl (C=O) groups excluding carboxylic acids is 1. The molecule has 1 aliphatic carbocycles. The summed E-state index contributed by atoms with van der Waals surface area (Å²) >= 11 is 0. The molecule has 0 spiro atoms. The lowest BCUT2D eigenvalue weighted by atomic mass is 10.1. The van der Waals surface area contributed by atoms with Gasteiger partial charge in [0.2, 0.25) is 5.91 Å². The SMILES string of the molecule is CC(C)CCN=C(N)NCCNC(=O)C1CC1. The molecule has 0 saturated heterocycles. The average Bonchev–Trinajstić information content (AvgIpc) is 3.07. The van der Waals surface area contributed by atoms with Crippen LogP contribution >= 0.6 is 0 Å². The maximum Gasteiger partial charge on any atom is 0.223 e. The standard InChI is InChI=1S/C12H24N4O/c1-9(2)5-6-15-12(13)16-8-7-14-11(17)10-3-4-10/h9-10H,3-8H2,1-2H3,(H,14,17)(H3,13,15,16). The van der Waals surface area contributed by atoms with E-state index < -0.39 is 0 Å². The molecule has 0 aromatic carbocycles. The Balaban J connectivity index is 1.98. The number of nitrogens with one attached hydrogen (secondary N) is 2. The number of hydrogen-bond acceptors (Lipinski definition) is 2. The molecule has 17 heavy (non-hydrogen) atoms. The van der Waals surface area contributed by atoms with Crippen molar-refractivity contribution in [3.8, 4) is 0 Å². The third kappa shape index (κ3) is 6.81. The fourth-order valence-electron chi connectivity index (χ4n) is 1.37. The highest BCUT2D eigenvalue weighted by Gasteiger charge is 2.28. The lowest BCUT2D eigenvalue weighted by Crippen LogP contribution is -2.38. The molecule has 4 N–H and O–H groups in total. The maximum absolute atomic E-state index is 11.3. The van der Waals surface area contributed by atoms with Gasteiger partial charge in [0.15, 0.2) is 5.96 Å². The van der Waals surface area contributed by atoms with Crippen LogP contribution in [0.1, 0.15) is 33.1 Å². The van der Waals surface area contributed by atoms with Crippen molar-refractivity contribution >= 4 is 11.9 Å². The van der Waals surface area contributed by atoms with Crippen molar-refractivity contribution < 1.29 is 4.79 Å². The van der Waals surface area contributed by atoms with Gasteiger partial charge in [0.05, 0.1) is 0 Å². The number of guanidine groups is 1. The third-order valence-corrected chi connectivity index (χ3v) is 2.67. The first kappa shape index (κ1) is 13.8. The molecule has 1 amide bonds. The number of nitrogens with zero attached hydrogens (tertiary/aromatic N) is 1. The molecule has 0 heterocycles. The van der Waals surface area contributed by atoms with Crippen molar-refractivity contribution in [2.24, 2.45) is 22.6 Å². The largest absolute Gasteiger partial charge is 0.370 e. The van der Waals surface area contributed by atoms with E-state index in [1.165, 1.54) is 0 Å². The normalized spacial score (nSPS) is 16.1. The zero-order chi connectivity index (χ0) is 12.7. The van der Waals surface area contributed by atoms with Gasteiger partial charge in [0, 0.05) is 25.6 Å². The molecular weight excluding hydrogens is 216 g/mol. The highest BCUT2D eigenvalue weighted by Crippen LogP contribution is 2.28. The van der Waals surface area contributed by atoms with Crippen molar-refractivity contribution in [3.05, 3.63) is 0 Å². The molecule has 0 aromatic heterocycles. The molecule has 5 heteroatoms. The van der Waals surface area contributed by atoms with Crippen LogP contribution in [0.25, 0.3) is 0 Å². The summed E-state index contributed by atoms with van der Waals surface area (Å²) in [5.74, 6) is 1.55. The lowest BCUT2D eigenvalue weighted by Gasteiger charge is -2.07. The second kappa shape index (κ2) is 7.14. The van der Waals surface area contributed by atoms with Crippen LogP contribution in [0, 0.1) is 11.8 Å². The van der Waals surface area contributed by atoms with E-state index in [9.17, 15) is 4.79 Å². The van der Waals surface area contributed by atoms with Crippen molar-refractivity contribution in [1.29, 1.82) is 0 Å². The zero-order valence-electron chi connectivity index (χ0n) is 10.8. The summed E-state index contributed by atoms with van der Waals surface area (Å²) < 4.78 is 0. The predicted octanol–water partition coefficient (Wildman–Crippen LogP) is 0.463. The first-order valence-corrected chi connectivity index (χ1v) is 6.41. The molecular formula is C12H24N4O. The van der Waals surface area contributed by atoms with Gasteiger partial charge in [-0.2, -0.15) is 0 Å². The number of amides is 1. The van der Waals surface area contributed by atoms with Crippen LogP contribution in [-0.2, 0) is 4.79 Å². The minimum Gasteiger partial charge on any atom is -0.370 e. The molecule has 0 radical (unpaired) electrons. The highest BCUT2D eigenvalue weighted by molar-refractivity contribution is 5.81. The van der Waals surface area contributed by atoms with Crippen molar-refractivity contribution in [2.75, 3.05) is 19.6 Å². The van der Waals surface area contributed by atoms with Gasteiger partial charge in [0.1, 0.15) is 0 Å². The first-order valence-electron chi connectivity index (χ1n) is 6.41. The average molecular weight is 240 g/mol. The molecule has 0 bridgehead atoms. The molecule has 0 atom stereocenters. The van der Waals surface area contributed by atoms with Gasteiger partial charge in [-0.1, -0.05) is 13.8 Å². The number of hydrogen-bond donors (Lipinski definition) is 3. The molecule has 98 valence electrons. The van der Waals surface area contributed by atoms with Gasteiger partial charge < -0.3 is 16.4 Å². The van der Waals surface area contributed by atoms with Crippen LogP contribution in [0.15, 0.2) is 4.99 Å². The monoisotopic (exact) mass is 240 g/mol. The minimum absolute atomic E-state index is 0.169. The predicted molar refractivity (Wildman–Crippen MR) is 69.7 cm³/mol. The van der Waals surface area contributed by atoms with Crippen molar-refractivity contribution in [3.63, 3.8) is 0 Å². The molecule has 5 nitrogen and oxygen atoms in total. The number of aliphatic imine (C=N–C) groups is 1. The van der Waals surface area contributed by atoms with Gasteiger partial charge >= 0.3 is 0 Å². The number of carbonyl (C=O) groups is 1. The number of nitrogens with two attached hydrogens (primary N) is 1. The Hall–Kier alpha value is -1.26. The van der Waals surface area contributed by atoms with Crippen LogP contribution in [0.2, 0.25) is 0 Å². The van der Waals surface area contributed by atoms with Crippen LogP contribution in [0.5, 0.6) is 0 Å².